The van der Waals surface area contributed by atoms with Crippen LogP contribution in [0.5, 0.6) is 0 Å². The van der Waals surface area contributed by atoms with Crippen molar-refractivity contribution in [3.63, 3.8) is 0 Å². The van der Waals surface area contributed by atoms with E-state index in [2.05, 4.69) is 14.9 Å². The van der Waals surface area contributed by atoms with Crippen molar-refractivity contribution in [2.45, 2.75) is 62.9 Å². The predicted octanol–water partition coefficient (Wildman–Crippen LogP) is 5.91. The second-order valence-electron chi connectivity index (χ2n) is 12.1. The number of aromatic nitrogens is 2. The van der Waals surface area contributed by atoms with E-state index in [-0.39, 0.29) is 13.2 Å². The van der Waals surface area contributed by atoms with Crippen LogP contribution in [-0.2, 0) is 15.7 Å². The first-order valence-corrected chi connectivity index (χ1v) is 15.6. The molecule has 1 aromatic heterocycles. The molecule has 2 aliphatic heterocycles. The Morgan fingerprint density at radius 2 is 1.76 bits per heavy atom. The molecule has 5 rings (SSSR count). The Morgan fingerprint density at radius 1 is 1.07 bits per heavy atom. The molecule has 0 spiro atoms. The van der Waals surface area contributed by atoms with Gasteiger partial charge in [0.1, 0.15) is 10.6 Å². The Balaban J connectivity index is 1.44. The minimum atomic E-state index is -4.81. The molecule has 1 amide bonds. The number of piperazine rings is 1. The predicted molar refractivity (Wildman–Crippen MR) is 162 cm³/mol. The molecule has 13 heteroatoms. The van der Waals surface area contributed by atoms with E-state index in [9.17, 15) is 27.2 Å². The Morgan fingerprint density at radius 3 is 2.38 bits per heavy atom. The maximum absolute atomic E-state index is 14.3. The lowest BCUT2D eigenvalue weighted by molar-refractivity contribution is -0.146. The molecule has 1 aromatic carbocycles. The van der Waals surface area contributed by atoms with Crippen LogP contribution >= 0.6 is 11.6 Å². The molecule has 2 unspecified atom stereocenters. The van der Waals surface area contributed by atoms with E-state index >= 15 is 0 Å². The standard InChI is InChI=1S/C32H38ClF4N5O3/c1-4-45-28(43)25-20-38-42(27(25)32(35,36)37)23-11-8-14-40(21-23)26-19-31(33,13-12-24(26)22-9-6-5-7-10-22)41-17-15-39(16-18-41)29(44)30(2,3)34/h5-7,9-10,12-13,20,23H,4,8,11,14-19,21H2,1-3H3. The zero-order valence-electron chi connectivity index (χ0n) is 25.6. The van der Waals surface area contributed by atoms with E-state index in [4.69, 9.17) is 16.3 Å². The summed E-state index contributed by atoms with van der Waals surface area (Å²) in [5.41, 5.74) is -0.912. The van der Waals surface area contributed by atoms with Crippen molar-refractivity contribution in [3.05, 3.63) is 71.2 Å². The molecule has 3 aliphatic rings. The summed E-state index contributed by atoms with van der Waals surface area (Å²) < 4.78 is 63.1. The third-order valence-corrected chi connectivity index (χ3v) is 9.10. The number of amides is 1. The fourth-order valence-electron chi connectivity index (χ4n) is 6.41. The van der Waals surface area contributed by atoms with Crippen LogP contribution in [0.15, 0.2) is 54.4 Å². The highest BCUT2D eigenvalue weighted by atomic mass is 35.5. The maximum atomic E-state index is 14.3. The van der Waals surface area contributed by atoms with Crippen molar-refractivity contribution in [1.82, 2.24) is 24.5 Å². The summed E-state index contributed by atoms with van der Waals surface area (Å²) >= 11 is 7.33. The Kier molecular flexibility index (Phi) is 9.38. The minimum absolute atomic E-state index is 0.0537. The van der Waals surface area contributed by atoms with Crippen LogP contribution in [0.3, 0.4) is 0 Å². The monoisotopic (exact) mass is 651 g/mol. The van der Waals surface area contributed by atoms with Crippen LogP contribution in [0.25, 0.3) is 5.57 Å². The Bertz CT molecular complexity index is 1460. The second-order valence-corrected chi connectivity index (χ2v) is 12.8. The van der Waals surface area contributed by atoms with Crippen molar-refractivity contribution in [2.24, 2.45) is 0 Å². The van der Waals surface area contributed by atoms with Gasteiger partial charge < -0.3 is 14.5 Å². The number of halogens is 5. The normalized spacial score (nSPS) is 23.4. The average molecular weight is 652 g/mol. The number of hydrogen-bond donors (Lipinski definition) is 0. The van der Waals surface area contributed by atoms with Crippen molar-refractivity contribution in [3.8, 4) is 0 Å². The molecule has 3 heterocycles. The van der Waals surface area contributed by atoms with Crippen LogP contribution in [-0.4, -0.2) is 92.9 Å². The number of allylic oxidation sites excluding steroid dienone is 2. The number of piperidine rings is 1. The number of carbonyl (C=O) groups excluding carboxylic acids is 2. The Labute approximate surface area is 265 Å². The molecule has 0 bridgehead atoms. The third-order valence-electron chi connectivity index (χ3n) is 8.60. The largest absolute Gasteiger partial charge is 0.462 e. The van der Waals surface area contributed by atoms with Gasteiger partial charge in [-0.1, -0.05) is 48.0 Å². The highest BCUT2D eigenvalue weighted by molar-refractivity contribution is 6.25. The Hall–Kier alpha value is -3.38. The third kappa shape index (κ3) is 6.91. The van der Waals surface area contributed by atoms with Crippen molar-refractivity contribution in [2.75, 3.05) is 45.9 Å². The lowest BCUT2D eigenvalue weighted by Crippen LogP contribution is -2.58. The molecule has 45 heavy (non-hydrogen) atoms. The molecule has 2 atom stereocenters. The average Bonchev–Trinajstić information content (AvgIpc) is 3.48. The SMILES string of the molecule is CCOC(=O)c1cnn(C2CCCN(C3=C(c4ccccc4)C=CC(Cl)(N4CCN(C(=O)C(C)(C)F)CC4)C3)C2)c1C(F)(F)F. The summed E-state index contributed by atoms with van der Waals surface area (Å²) in [6.45, 7) is 6.34. The van der Waals surface area contributed by atoms with Crippen LogP contribution in [0.1, 0.15) is 67.7 Å². The number of rotatable bonds is 7. The summed E-state index contributed by atoms with van der Waals surface area (Å²) in [6.07, 6.45) is 1.43. The van der Waals surface area contributed by atoms with E-state index in [1.54, 1.807) is 0 Å². The van der Waals surface area contributed by atoms with E-state index in [1.807, 2.05) is 42.5 Å². The van der Waals surface area contributed by atoms with Gasteiger partial charge in [0.15, 0.2) is 11.4 Å². The van der Waals surface area contributed by atoms with Gasteiger partial charge in [0.25, 0.3) is 5.91 Å². The number of esters is 1. The molecule has 0 radical (unpaired) electrons. The molecular formula is C32H38ClF4N5O3. The van der Waals surface area contributed by atoms with Gasteiger partial charge in [-0.25, -0.2) is 9.18 Å². The minimum Gasteiger partial charge on any atom is -0.462 e. The van der Waals surface area contributed by atoms with Crippen molar-refractivity contribution >= 4 is 29.1 Å². The molecule has 1 aliphatic carbocycles. The van der Waals surface area contributed by atoms with Gasteiger partial charge in [0, 0.05) is 57.0 Å². The van der Waals surface area contributed by atoms with Crippen LogP contribution in [0.4, 0.5) is 17.6 Å². The lowest BCUT2D eigenvalue weighted by Gasteiger charge is -2.47. The lowest BCUT2D eigenvalue weighted by atomic mass is 9.90. The number of likely N-dealkylation sites (tertiary alicyclic amines) is 1. The van der Waals surface area contributed by atoms with E-state index < -0.39 is 46.0 Å². The summed E-state index contributed by atoms with van der Waals surface area (Å²) in [4.78, 5) is 29.6. The number of hydrogen-bond acceptors (Lipinski definition) is 6. The first-order chi connectivity index (χ1) is 21.2. The van der Waals surface area contributed by atoms with Gasteiger partial charge in [-0.15, -0.1) is 0 Å². The van der Waals surface area contributed by atoms with Gasteiger partial charge in [0.05, 0.1) is 18.8 Å². The first-order valence-electron chi connectivity index (χ1n) is 15.2. The maximum Gasteiger partial charge on any atom is 0.433 e. The number of nitrogens with zero attached hydrogens (tertiary/aromatic N) is 5. The van der Waals surface area contributed by atoms with Crippen LogP contribution < -0.4 is 0 Å². The summed E-state index contributed by atoms with van der Waals surface area (Å²) in [6, 6.07) is 9.06. The molecule has 2 fully saturated rings. The van der Waals surface area contributed by atoms with Gasteiger partial charge in [-0.3, -0.25) is 14.4 Å². The van der Waals surface area contributed by atoms with Gasteiger partial charge in [0.2, 0.25) is 0 Å². The van der Waals surface area contributed by atoms with E-state index in [0.717, 1.165) is 27.7 Å². The number of benzene rings is 1. The van der Waals surface area contributed by atoms with Gasteiger partial charge >= 0.3 is 12.1 Å². The fraction of sp³-hybridized carbons (Fsp3) is 0.531. The molecular weight excluding hydrogens is 614 g/mol. The summed E-state index contributed by atoms with van der Waals surface area (Å²) in [7, 11) is 0. The number of ether oxygens (including phenoxy) is 1. The number of carbonyl (C=O) groups is 2. The molecule has 0 saturated carbocycles. The quantitative estimate of drug-likeness (QED) is 0.160. The van der Waals surface area contributed by atoms with Crippen molar-refractivity contribution in [1.29, 1.82) is 0 Å². The first kappa shape index (κ1) is 33.0. The van der Waals surface area contributed by atoms with Crippen LogP contribution in [0, 0.1) is 0 Å². The molecule has 244 valence electrons. The van der Waals surface area contributed by atoms with E-state index in [1.165, 1.54) is 25.7 Å². The zero-order chi connectivity index (χ0) is 32.6. The highest BCUT2D eigenvalue weighted by Crippen LogP contribution is 2.43. The summed E-state index contributed by atoms with van der Waals surface area (Å²) in [5.74, 6) is -1.61. The number of alkyl halides is 5. The van der Waals surface area contributed by atoms with Crippen LogP contribution in [0.2, 0.25) is 0 Å². The summed E-state index contributed by atoms with van der Waals surface area (Å²) in [5, 5.41) is 4.05. The highest BCUT2D eigenvalue weighted by Gasteiger charge is 2.44. The second kappa shape index (κ2) is 12.8. The molecule has 0 N–H and O–H groups in total. The molecule has 2 saturated heterocycles. The van der Waals surface area contributed by atoms with Gasteiger partial charge in [-0.05, 0) is 45.3 Å². The van der Waals surface area contributed by atoms with Gasteiger partial charge in [-0.2, -0.15) is 18.3 Å². The molecule has 2 aromatic rings. The topological polar surface area (TPSA) is 70.9 Å². The van der Waals surface area contributed by atoms with E-state index in [0.29, 0.717) is 52.0 Å². The van der Waals surface area contributed by atoms with Crippen molar-refractivity contribution < 1.29 is 31.9 Å². The zero-order valence-corrected chi connectivity index (χ0v) is 26.4. The smallest absolute Gasteiger partial charge is 0.433 e. The fourth-order valence-corrected chi connectivity index (χ4v) is 6.77. The molecule has 8 nitrogen and oxygen atoms in total.